The fourth-order valence-corrected chi connectivity index (χ4v) is 6.16. The van der Waals surface area contributed by atoms with Crippen molar-refractivity contribution in [1.82, 2.24) is 0 Å². The van der Waals surface area contributed by atoms with E-state index >= 15 is 0 Å². The fraction of sp³-hybridized carbons (Fsp3) is 0.400. The zero-order valence-corrected chi connectivity index (χ0v) is 11.5. The van der Waals surface area contributed by atoms with E-state index in [-0.39, 0.29) is 10.6 Å². The number of hydrogen-bond acceptors (Lipinski definition) is 5. The van der Waals surface area contributed by atoms with Gasteiger partial charge in [-0.2, -0.15) is 8.42 Å². The summed E-state index contributed by atoms with van der Waals surface area (Å²) in [5.74, 6) is 0.582. The lowest BCUT2D eigenvalue weighted by Gasteiger charge is -2.02. The molecule has 1 heterocycles. The molecule has 7 nitrogen and oxygen atoms in total. The molecule has 0 aromatic heterocycles. The van der Waals surface area contributed by atoms with Crippen molar-refractivity contribution in [2.24, 2.45) is 3.77 Å². The van der Waals surface area contributed by atoms with Crippen LogP contribution >= 0.6 is 0 Å². The molecule has 0 amide bonds. The smallest absolute Gasteiger partial charge is 0.258 e. The molecule has 0 atom stereocenters. The van der Waals surface area contributed by atoms with E-state index in [1.165, 1.54) is 0 Å². The number of hydrogen-bond donors (Lipinski definition) is 0. The van der Waals surface area contributed by atoms with Gasteiger partial charge >= 0.3 is 0 Å². The van der Waals surface area contributed by atoms with Gasteiger partial charge in [-0.25, -0.2) is 4.21 Å². The average molecular weight is 304 g/mol. The Morgan fingerprint density at radius 1 is 1.16 bits per heavy atom. The molecule has 0 unspecified atom stereocenters. The minimum absolute atomic E-state index is 0.173. The van der Waals surface area contributed by atoms with E-state index in [1.54, 1.807) is 0 Å². The highest BCUT2D eigenvalue weighted by atomic mass is 32.3. The molecule has 1 fully saturated rings. The Kier molecular flexibility index (Phi) is 3.59. The normalized spacial score (nSPS) is 18.1. The van der Waals surface area contributed by atoms with Crippen molar-refractivity contribution in [2.75, 3.05) is 11.5 Å². The van der Waals surface area contributed by atoms with Gasteiger partial charge in [0.1, 0.15) is 0 Å². The molecule has 1 aromatic rings. The Morgan fingerprint density at radius 3 is 2.16 bits per heavy atom. The van der Waals surface area contributed by atoms with Gasteiger partial charge in [-0.3, -0.25) is 10.1 Å². The molecule has 0 saturated carbocycles. The van der Waals surface area contributed by atoms with E-state index in [1.807, 2.05) is 0 Å². The number of nitro benzene ring substituents is 1. The molecular formula is C10H12N2O5S2. The maximum absolute atomic E-state index is 12.1. The molecule has 0 N–H and O–H groups in total. The van der Waals surface area contributed by atoms with Gasteiger partial charge in [0.25, 0.3) is 15.7 Å². The first-order chi connectivity index (χ1) is 8.82. The van der Waals surface area contributed by atoms with Crippen molar-refractivity contribution in [3.8, 4) is 0 Å². The molecule has 19 heavy (non-hydrogen) atoms. The van der Waals surface area contributed by atoms with Gasteiger partial charge in [0.2, 0.25) is 0 Å². The van der Waals surface area contributed by atoms with Gasteiger partial charge in [0.15, 0.2) is 0 Å². The molecule has 1 aliphatic heterocycles. The van der Waals surface area contributed by atoms with E-state index in [2.05, 4.69) is 3.77 Å². The van der Waals surface area contributed by atoms with Gasteiger partial charge in [-0.15, -0.1) is 3.77 Å². The third-order valence-electron chi connectivity index (χ3n) is 2.76. The van der Waals surface area contributed by atoms with Crippen LogP contribution < -0.4 is 0 Å². The van der Waals surface area contributed by atoms with Crippen molar-refractivity contribution in [2.45, 2.75) is 17.7 Å². The average Bonchev–Trinajstić information content (AvgIpc) is 2.75. The van der Waals surface area contributed by atoms with Crippen LogP contribution in [0.1, 0.15) is 12.8 Å². The maximum atomic E-state index is 12.1. The maximum Gasteiger partial charge on any atom is 0.290 e. The molecular weight excluding hydrogens is 292 g/mol. The van der Waals surface area contributed by atoms with Gasteiger partial charge < -0.3 is 0 Å². The number of benzene rings is 1. The van der Waals surface area contributed by atoms with Crippen LogP contribution in [0.25, 0.3) is 0 Å². The molecule has 0 bridgehead atoms. The SMILES string of the molecule is O=[N+]([O-])c1ccc(S(=O)(=O)N=S2(=O)CCCC2)cc1. The van der Waals surface area contributed by atoms with Gasteiger partial charge in [-0.05, 0) is 25.0 Å². The summed E-state index contributed by atoms with van der Waals surface area (Å²) in [6, 6.07) is 4.39. The van der Waals surface area contributed by atoms with Crippen LogP contribution in [0.2, 0.25) is 0 Å². The number of rotatable bonds is 3. The molecule has 1 aliphatic rings. The van der Waals surface area contributed by atoms with Crippen molar-refractivity contribution in [1.29, 1.82) is 0 Å². The minimum atomic E-state index is -4.02. The van der Waals surface area contributed by atoms with E-state index < -0.39 is 24.7 Å². The largest absolute Gasteiger partial charge is 0.290 e. The first-order valence-electron chi connectivity index (χ1n) is 5.56. The third-order valence-corrected chi connectivity index (χ3v) is 7.35. The second-order valence-corrected chi connectivity index (χ2v) is 8.57. The van der Waals surface area contributed by atoms with Crippen molar-refractivity contribution in [3.05, 3.63) is 34.4 Å². The van der Waals surface area contributed by atoms with Gasteiger partial charge in [0.05, 0.1) is 19.5 Å². The summed E-state index contributed by atoms with van der Waals surface area (Å²) in [5.41, 5.74) is -0.205. The Labute approximate surface area is 111 Å². The first kappa shape index (κ1) is 13.9. The lowest BCUT2D eigenvalue weighted by molar-refractivity contribution is -0.384. The lowest BCUT2D eigenvalue weighted by Crippen LogP contribution is -2.07. The Bertz CT molecular complexity index is 703. The predicted molar refractivity (Wildman–Crippen MR) is 69.8 cm³/mol. The summed E-state index contributed by atoms with van der Waals surface area (Å²) < 4.78 is 39.5. The monoisotopic (exact) mass is 304 g/mol. The Hall–Kier alpha value is -1.48. The van der Waals surface area contributed by atoms with Crippen LogP contribution in [-0.2, 0) is 19.8 Å². The van der Waals surface area contributed by atoms with Crippen LogP contribution in [-0.4, -0.2) is 29.1 Å². The minimum Gasteiger partial charge on any atom is -0.258 e. The quantitative estimate of drug-likeness (QED) is 0.622. The topological polar surface area (TPSA) is 107 Å². The highest BCUT2D eigenvalue weighted by molar-refractivity contribution is 8.03. The Morgan fingerprint density at radius 2 is 1.68 bits per heavy atom. The fourth-order valence-electron chi connectivity index (χ4n) is 1.79. The Balaban J connectivity index is 2.40. The summed E-state index contributed by atoms with van der Waals surface area (Å²) in [7, 11) is -6.70. The summed E-state index contributed by atoms with van der Waals surface area (Å²) in [4.78, 5) is 9.68. The molecule has 2 rings (SSSR count). The van der Waals surface area contributed by atoms with E-state index in [0.717, 1.165) is 24.3 Å². The molecule has 9 heteroatoms. The zero-order chi connectivity index (χ0) is 14.1. The number of nitrogens with zero attached hydrogens (tertiary/aromatic N) is 2. The van der Waals surface area contributed by atoms with Crippen molar-refractivity contribution < 1.29 is 17.6 Å². The summed E-state index contributed by atoms with van der Waals surface area (Å²) >= 11 is 0. The predicted octanol–water partition coefficient (Wildman–Crippen LogP) is 1.55. The van der Waals surface area contributed by atoms with Crippen LogP contribution in [0.4, 0.5) is 5.69 Å². The van der Waals surface area contributed by atoms with Gasteiger partial charge in [0, 0.05) is 23.6 Å². The lowest BCUT2D eigenvalue weighted by atomic mass is 10.3. The van der Waals surface area contributed by atoms with E-state index in [9.17, 15) is 22.7 Å². The van der Waals surface area contributed by atoms with E-state index in [4.69, 9.17) is 0 Å². The molecule has 1 aromatic carbocycles. The van der Waals surface area contributed by atoms with E-state index in [0.29, 0.717) is 24.3 Å². The molecule has 0 spiro atoms. The van der Waals surface area contributed by atoms with Crippen LogP contribution in [0, 0.1) is 10.1 Å². The molecule has 0 aliphatic carbocycles. The van der Waals surface area contributed by atoms with Crippen molar-refractivity contribution >= 4 is 25.4 Å². The summed E-state index contributed by atoms with van der Waals surface area (Å²) in [6.45, 7) is 0. The third kappa shape index (κ3) is 3.10. The number of sulfonamides is 1. The first-order valence-corrected chi connectivity index (χ1v) is 8.85. The number of nitro groups is 1. The molecule has 104 valence electrons. The summed E-state index contributed by atoms with van der Waals surface area (Å²) in [6.07, 6.45) is 1.41. The highest BCUT2D eigenvalue weighted by Gasteiger charge is 2.22. The second-order valence-electron chi connectivity index (χ2n) is 4.19. The zero-order valence-electron chi connectivity index (χ0n) is 9.89. The molecule has 1 saturated heterocycles. The van der Waals surface area contributed by atoms with Gasteiger partial charge in [-0.1, -0.05) is 0 Å². The van der Waals surface area contributed by atoms with Crippen LogP contribution in [0.15, 0.2) is 32.9 Å². The second kappa shape index (κ2) is 4.89. The summed E-state index contributed by atoms with van der Waals surface area (Å²) in [5, 5.41) is 10.5. The standard InChI is InChI=1S/C10H12N2O5S2/c13-12(14)9-3-5-10(6-4-9)19(16,17)11-18(15)7-1-2-8-18/h3-6H,1-2,7-8H2. The van der Waals surface area contributed by atoms with Crippen LogP contribution in [0.5, 0.6) is 0 Å². The highest BCUT2D eigenvalue weighted by Crippen LogP contribution is 2.21. The molecule has 0 radical (unpaired) electrons. The number of non-ortho nitro benzene ring substituents is 1. The van der Waals surface area contributed by atoms with Crippen LogP contribution in [0.3, 0.4) is 0 Å². The van der Waals surface area contributed by atoms with Crippen molar-refractivity contribution in [3.63, 3.8) is 0 Å².